The number of aryl methyl sites for hydroxylation is 1. The highest BCUT2D eigenvalue weighted by molar-refractivity contribution is 6.15. The molecule has 0 saturated heterocycles. The normalized spacial score (nSPS) is 12.8. The van der Waals surface area contributed by atoms with E-state index in [4.69, 9.17) is 0 Å². The molecule has 0 fully saturated rings. The second-order valence-electron chi connectivity index (χ2n) is 8.07. The third-order valence-electron chi connectivity index (χ3n) is 6.19. The first kappa shape index (κ1) is 20.4. The summed E-state index contributed by atoms with van der Waals surface area (Å²) in [5.41, 5.74) is 3.76. The van der Waals surface area contributed by atoms with Gasteiger partial charge in [0.1, 0.15) is 0 Å². The zero-order valence-electron chi connectivity index (χ0n) is 17.5. The molecule has 0 atom stereocenters. The lowest BCUT2D eigenvalue weighted by molar-refractivity contribution is 0.0992. The van der Waals surface area contributed by atoms with E-state index >= 15 is 0 Å². The minimum atomic E-state index is -0.292. The fourth-order valence-corrected chi connectivity index (χ4v) is 4.65. The van der Waals surface area contributed by atoms with Crippen LogP contribution in [0.15, 0.2) is 59.9 Å². The first-order valence-corrected chi connectivity index (χ1v) is 10.6. The second kappa shape index (κ2) is 8.18. The van der Waals surface area contributed by atoms with Gasteiger partial charge in [-0.15, -0.1) is 0 Å². The first-order valence-electron chi connectivity index (χ1n) is 10.6. The number of imidazole rings is 1. The molecule has 2 aromatic heterocycles. The number of aliphatic hydroxyl groups is 2. The summed E-state index contributed by atoms with van der Waals surface area (Å²) in [6.07, 6.45) is 6.28. The van der Waals surface area contributed by atoms with Crippen LogP contribution in [-0.2, 0) is 32.7 Å². The summed E-state index contributed by atoms with van der Waals surface area (Å²) < 4.78 is 3.65. The van der Waals surface area contributed by atoms with E-state index < -0.39 is 0 Å². The van der Waals surface area contributed by atoms with Gasteiger partial charge in [-0.25, -0.2) is 4.98 Å². The number of aliphatic hydroxyl groups excluding tert-OH is 2. The Morgan fingerprint density at radius 3 is 2.44 bits per heavy atom. The Kier molecular flexibility index (Phi) is 5.20. The monoisotopic (exact) mass is 429 g/mol. The number of Topliss-reactive ketones (excluding diaryl/α,β-unsaturated/α-hetero) is 1. The van der Waals surface area contributed by atoms with Gasteiger partial charge < -0.3 is 19.3 Å². The molecule has 7 heteroatoms. The largest absolute Gasteiger partial charge is 0.392 e. The summed E-state index contributed by atoms with van der Waals surface area (Å²) in [5.74, 6) is -0.0484. The van der Waals surface area contributed by atoms with E-state index in [9.17, 15) is 19.8 Å². The molecule has 0 spiro atoms. The fourth-order valence-electron chi connectivity index (χ4n) is 4.65. The summed E-state index contributed by atoms with van der Waals surface area (Å²) >= 11 is 0. The van der Waals surface area contributed by atoms with Crippen LogP contribution in [0.3, 0.4) is 0 Å². The van der Waals surface area contributed by atoms with Gasteiger partial charge in [0.15, 0.2) is 5.78 Å². The van der Waals surface area contributed by atoms with Crippen LogP contribution in [0, 0.1) is 0 Å². The number of hydrogen-bond donors (Lipinski definition) is 2. The Labute approximate surface area is 184 Å². The lowest BCUT2D eigenvalue weighted by Crippen LogP contribution is -2.28. The van der Waals surface area contributed by atoms with Gasteiger partial charge in [0.05, 0.1) is 30.8 Å². The number of carbonyl (C=O) groups is 1. The van der Waals surface area contributed by atoms with Crippen LogP contribution in [0.2, 0.25) is 0 Å². The highest BCUT2D eigenvalue weighted by atomic mass is 16.3. The summed E-state index contributed by atoms with van der Waals surface area (Å²) in [4.78, 5) is 31.0. The van der Waals surface area contributed by atoms with Crippen molar-refractivity contribution in [3.63, 3.8) is 0 Å². The molecule has 162 valence electrons. The van der Waals surface area contributed by atoms with E-state index in [1.54, 1.807) is 29.2 Å². The van der Waals surface area contributed by atoms with Gasteiger partial charge in [0.2, 0.25) is 0 Å². The predicted octanol–water partition coefficient (Wildman–Crippen LogP) is 2.68. The van der Waals surface area contributed by atoms with Crippen molar-refractivity contribution in [1.82, 2.24) is 14.1 Å². The van der Waals surface area contributed by atoms with Crippen LogP contribution < -0.4 is 5.56 Å². The zero-order chi connectivity index (χ0) is 22.2. The van der Waals surface area contributed by atoms with Crippen molar-refractivity contribution in [3.05, 3.63) is 87.7 Å². The minimum Gasteiger partial charge on any atom is -0.392 e. The standard InChI is InChI=1S/C25H23N3O4/c29-13-17-10-20-21(11-18(17)14-30)25(32)28(8-3-7-27-9-6-26-15-27)24-19-5-2-1-4-16(19)12-22(31)23(20)24/h1-2,4-6,9-11,15,29-30H,3,7-8,12-14H2. The highest BCUT2D eigenvalue weighted by Gasteiger charge is 2.29. The average molecular weight is 429 g/mol. The molecule has 0 saturated carbocycles. The van der Waals surface area contributed by atoms with Crippen molar-refractivity contribution in [1.29, 1.82) is 0 Å². The quantitative estimate of drug-likeness (QED) is 0.491. The molecule has 7 nitrogen and oxygen atoms in total. The van der Waals surface area contributed by atoms with Crippen LogP contribution in [0.1, 0.15) is 33.5 Å². The number of carbonyl (C=O) groups excluding carboxylic acids is 1. The van der Waals surface area contributed by atoms with E-state index in [1.807, 2.05) is 35.0 Å². The van der Waals surface area contributed by atoms with Crippen LogP contribution in [0.4, 0.5) is 0 Å². The van der Waals surface area contributed by atoms with Crippen molar-refractivity contribution in [2.75, 3.05) is 0 Å². The molecular formula is C25H23N3O4. The average Bonchev–Trinajstić information content (AvgIpc) is 3.33. The highest BCUT2D eigenvalue weighted by Crippen LogP contribution is 2.37. The number of aromatic nitrogens is 3. The molecule has 0 aliphatic heterocycles. The number of nitrogens with zero attached hydrogens (tertiary/aromatic N) is 3. The first-order chi connectivity index (χ1) is 15.6. The Morgan fingerprint density at radius 2 is 1.72 bits per heavy atom. The number of ketones is 1. The number of hydrogen-bond acceptors (Lipinski definition) is 5. The van der Waals surface area contributed by atoms with E-state index in [0.29, 0.717) is 52.7 Å². The SMILES string of the molecule is O=C1Cc2ccccc2-c2c1c1cc(CO)c(CO)cc1c(=O)n2CCCn1ccnc1. The number of pyridine rings is 1. The maximum absolute atomic E-state index is 13.7. The van der Waals surface area contributed by atoms with Crippen LogP contribution in [0.25, 0.3) is 22.0 Å². The molecule has 5 rings (SSSR count). The smallest absolute Gasteiger partial charge is 0.258 e. The van der Waals surface area contributed by atoms with Gasteiger partial charge in [-0.05, 0) is 35.2 Å². The van der Waals surface area contributed by atoms with E-state index in [-0.39, 0.29) is 31.0 Å². The molecule has 0 unspecified atom stereocenters. The topological polar surface area (TPSA) is 97.4 Å². The Bertz CT molecular complexity index is 1390. The summed E-state index contributed by atoms with van der Waals surface area (Å²) in [7, 11) is 0. The molecule has 2 N–H and O–H groups in total. The molecule has 1 aliphatic carbocycles. The van der Waals surface area contributed by atoms with E-state index in [0.717, 1.165) is 11.1 Å². The van der Waals surface area contributed by atoms with Crippen LogP contribution in [0.5, 0.6) is 0 Å². The van der Waals surface area contributed by atoms with Crippen LogP contribution >= 0.6 is 0 Å². The van der Waals surface area contributed by atoms with Gasteiger partial charge >= 0.3 is 0 Å². The third-order valence-corrected chi connectivity index (χ3v) is 6.19. The predicted molar refractivity (Wildman–Crippen MR) is 120 cm³/mol. The van der Waals surface area contributed by atoms with Crippen molar-refractivity contribution < 1.29 is 15.0 Å². The van der Waals surface area contributed by atoms with Gasteiger partial charge in [-0.2, -0.15) is 0 Å². The van der Waals surface area contributed by atoms with E-state index in [2.05, 4.69) is 4.98 Å². The Balaban J connectivity index is 1.77. The molecule has 32 heavy (non-hydrogen) atoms. The van der Waals surface area contributed by atoms with Gasteiger partial charge in [0.25, 0.3) is 5.56 Å². The second-order valence-corrected chi connectivity index (χ2v) is 8.07. The maximum Gasteiger partial charge on any atom is 0.258 e. The summed E-state index contributed by atoms with van der Waals surface area (Å²) in [6, 6.07) is 11.0. The number of benzene rings is 2. The number of rotatable bonds is 6. The Morgan fingerprint density at radius 1 is 0.969 bits per heavy atom. The fraction of sp³-hybridized carbons (Fsp3) is 0.240. The summed E-state index contributed by atoms with van der Waals surface area (Å²) in [5, 5.41) is 20.4. The van der Waals surface area contributed by atoms with Crippen molar-refractivity contribution >= 4 is 16.6 Å². The molecular weight excluding hydrogens is 406 g/mol. The van der Waals surface area contributed by atoms with Crippen LogP contribution in [-0.4, -0.2) is 30.1 Å². The van der Waals surface area contributed by atoms with Gasteiger partial charge in [0, 0.05) is 48.2 Å². The zero-order valence-corrected chi connectivity index (χ0v) is 17.5. The van der Waals surface area contributed by atoms with Crippen molar-refractivity contribution in [3.8, 4) is 11.3 Å². The molecule has 4 aromatic rings. The van der Waals surface area contributed by atoms with Crippen molar-refractivity contribution in [2.24, 2.45) is 0 Å². The molecule has 2 aromatic carbocycles. The molecule has 1 aliphatic rings. The van der Waals surface area contributed by atoms with Crippen molar-refractivity contribution in [2.45, 2.75) is 39.1 Å². The molecule has 2 heterocycles. The summed E-state index contributed by atoms with van der Waals surface area (Å²) in [6.45, 7) is 0.562. The maximum atomic E-state index is 13.7. The lowest BCUT2D eigenvalue weighted by Gasteiger charge is -2.25. The third kappa shape index (κ3) is 3.26. The lowest BCUT2D eigenvalue weighted by atomic mass is 9.84. The van der Waals surface area contributed by atoms with E-state index in [1.165, 1.54) is 0 Å². The molecule has 0 radical (unpaired) electrons. The van der Waals surface area contributed by atoms with Gasteiger partial charge in [-0.3, -0.25) is 9.59 Å². The number of fused-ring (bicyclic) bond motifs is 5. The Hall–Kier alpha value is -3.55. The molecule has 0 amide bonds. The minimum absolute atomic E-state index is 0.0484. The van der Waals surface area contributed by atoms with Gasteiger partial charge in [-0.1, -0.05) is 24.3 Å². The molecule has 0 bridgehead atoms.